The van der Waals surface area contributed by atoms with Crippen molar-refractivity contribution in [3.63, 3.8) is 0 Å². The molecule has 23 heavy (non-hydrogen) atoms. The summed E-state index contributed by atoms with van der Waals surface area (Å²) in [5.41, 5.74) is 0.482. The summed E-state index contributed by atoms with van der Waals surface area (Å²) in [6.07, 6.45) is 1.98. The number of nitrogens with zero attached hydrogens (tertiary/aromatic N) is 2. The molecule has 0 aliphatic rings. The van der Waals surface area contributed by atoms with Crippen molar-refractivity contribution in [1.82, 2.24) is 20.3 Å². The highest BCUT2D eigenvalue weighted by Gasteiger charge is 2.22. The SMILES string of the molecule is CN=C(NCCc1nc(C)c(C)s1)NCC(C)(C)NS(C)(=O)=O. The van der Waals surface area contributed by atoms with E-state index in [2.05, 4.69) is 32.3 Å². The molecule has 0 saturated heterocycles. The molecule has 0 aromatic carbocycles. The van der Waals surface area contributed by atoms with Gasteiger partial charge in [0.15, 0.2) is 5.96 Å². The monoisotopic (exact) mass is 361 g/mol. The molecule has 0 fully saturated rings. The zero-order valence-corrected chi connectivity index (χ0v) is 16.3. The van der Waals surface area contributed by atoms with E-state index in [1.165, 1.54) is 4.88 Å². The molecule has 7 nitrogen and oxygen atoms in total. The lowest BCUT2D eigenvalue weighted by Crippen LogP contribution is -2.53. The highest BCUT2D eigenvalue weighted by atomic mass is 32.2. The third-order valence-corrected chi connectivity index (χ3v) is 5.14. The Labute approximate surface area is 143 Å². The zero-order chi connectivity index (χ0) is 17.7. The van der Waals surface area contributed by atoms with Crippen LogP contribution in [0.2, 0.25) is 0 Å². The second-order valence-electron chi connectivity index (χ2n) is 6.11. The van der Waals surface area contributed by atoms with Gasteiger partial charge in [-0.25, -0.2) is 18.1 Å². The lowest BCUT2D eigenvalue weighted by Gasteiger charge is -2.26. The van der Waals surface area contributed by atoms with Crippen LogP contribution < -0.4 is 15.4 Å². The fraction of sp³-hybridized carbons (Fsp3) is 0.714. The number of thiazole rings is 1. The lowest BCUT2D eigenvalue weighted by atomic mass is 10.1. The van der Waals surface area contributed by atoms with Gasteiger partial charge in [0.25, 0.3) is 0 Å². The van der Waals surface area contributed by atoms with Crippen LogP contribution in [0.4, 0.5) is 0 Å². The topological polar surface area (TPSA) is 95.5 Å². The summed E-state index contributed by atoms with van der Waals surface area (Å²) in [5, 5.41) is 7.44. The predicted octanol–water partition coefficient (Wildman–Crippen LogP) is 0.795. The third-order valence-electron chi connectivity index (χ3n) is 3.09. The van der Waals surface area contributed by atoms with E-state index in [1.807, 2.05) is 20.8 Å². The van der Waals surface area contributed by atoms with Gasteiger partial charge in [0.2, 0.25) is 10.0 Å². The molecule has 0 radical (unpaired) electrons. The van der Waals surface area contributed by atoms with Crippen LogP contribution in [0.3, 0.4) is 0 Å². The number of sulfonamides is 1. The first-order chi connectivity index (χ1) is 10.5. The van der Waals surface area contributed by atoms with Gasteiger partial charge in [-0.15, -0.1) is 11.3 Å². The number of hydrogen-bond acceptors (Lipinski definition) is 5. The molecule has 0 aliphatic heterocycles. The van der Waals surface area contributed by atoms with E-state index in [4.69, 9.17) is 0 Å². The van der Waals surface area contributed by atoms with Gasteiger partial charge in [0.1, 0.15) is 0 Å². The summed E-state index contributed by atoms with van der Waals surface area (Å²) >= 11 is 1.71. The van der Waals surface area contributed by atoms with Crippen LogP contribution in [0.1, 0.15) is 29.4 Å². The van der Waals surface area contributed by atoms with E-state index < -0.39 is 15.6 Å². The Bertz CT molecular complexity index is 631. The molecular formula is C14H27N5O2S2. The Balaban J connectivity index is 2.43. The van der Waals surface area contributed by atoms with Gasteiger partial charge >= 0.3 is 0 Å². The normalized spacial score (nSPS) is 13.2. The van der Waals surface area contributed by atoms with Gasteiger partial charge in [0, 0.05) is 37.0 Å². The Morgan fingerprint density at radius 2 is 1.96 bits per heavy atom. The van der Waals surface area contributed by atoms with Gasteiger partial charge in [-0.2, -0.15) is 0 Å². The molecule has 0 atom stereocenters. The number of aromatic nitrogens is 1. The zero-order valence-electron chi connectivity index (χ0n) is 14.6. The maximum atomic E-state index is 11.3. The Morgan fingerprint density at radius 1 is 1.30 bits per heavy atom. The molecule has 0 amide bonds. The molecule has 9 heteroatoms. The van der Waals surface area contributed by atoms with Gasteiger partial charge < -0.3 is 10.6 Å². The minimum absolute atomic E-state index is 0.426. The molecule has 0 aliphatic carbocycles. The maximum Gasteiger partial charge on any atom is 0.209 e. The molecule has 132 valence electrons. The largest absolute Gasteiger partial charge is 0.356 e. The first-order valence-corrected chi connectivity index (χ1v) is 10.1. The summed E-state index contributed by atoms with van der Waals surface area (Å²) < 4.78 is 25.2. The maximum absolute atomic E-state index is 11.3. The van der Waals surface area contributed by atoms with Crippen LogP contribution in [0.5, 0.6) is 0 Å². The molecule has 0 unspecified atom stereocenters. The van der Waals surface area contributed by atoms with Crippen LogP contribution in [-0.4, -0.2) is 51.3 Å². The molecule has 0 saturated carbocycles. The van der Waals surface area contributed by atoms with Crippen LogP contribution in [-0.2, 0) is 16.4 Å². The summed E-state index contributed by atoms with van der Waals surface area (Å²) in [6, 6.07) is 0. The van der Waals surface area contributed by atoms with Crippen LogP contribution in [0.15, 0.2) is 4.99 Å². The van der Waals surface area contributed by atoms with Crippen LogP contribution in [0, 0.1) is 13.8 Å². The minimum Gasteiger partial charge on any atom is -0.356 e. The van der Waals surface area contributed by atoms with Crippen molar-refractivity contribution in [3.8, 4) is 0 Å². The van der Waals surface area contributed by atoms with Crippen molar-refractivity contribution in [1.29, 1.82) is 0 Å². The first-order valence-electron chi connectivity index (χ1n) is 7.39. The molecule has 3 N–H and O–H groups in total. The number of nitrogens with one attached hydrogen (secondary N) is 3. The van der Waals surface area contributed by atoms with E-state index >= 15 is 0 Å². The molecule has 1 rings (SSSR count). The lowest BCUT2D eigenvalue weighted by molar-refractivity contribution is 0.446. The van der Waals surface area contributed by atoms with Crippen molar-refractivity contribution in [2.75, 3.05) is 26.4 Å². The predicted molar refractivity (Wildman–Crippen MR) is 96.7 cm³/mol. The Kier molecular flexibility index (Phi) is 6.97. The number of guanidine groups is 1. The molecule has 0 bridgehead atoms. The highest BCUT2D eigenvalue weighted by molar-refractivity contribution is 7.88. The Hall–Kier alpha value is -1.19. The van der Waals surface area contributed by atoms with E-state index in [0.717, 1.165) is 23.4 Å². The third kappa shape index (κ3) is 7.76. The van der Waals surface area contributed by atoms with Crippen molar-refractivity contribution >= 4 is 27.3 Å². The first kappa shape index (κ1) is 19.9. The van der Waals surface area contributed by atoms with Gasteiger partial charge in [0.05, 0.1) is 17.0 Å². The number of aliphatic imine (C=N–C) groups is 1. The van der Waals surface area contributed by atoms with Crippen molar-refractivity contribution in [3.05, 3.63) is 15.6 Å². The van der Waals surface area contributed by atoms with Crippen molar-refractivity contribution < 1.29 is 8.42 Å². The fourth-order valence-electron chi connectivity index (χ4n) is 2.00. The van der Waals surface area contributed by atoms with Crippen molar-refractivity contribution in [2.24, 2.45) is 4.99 Å². The average Bonchev–Trinajstić information content (AvgIpc) is 2.70. The van der Waals surface area contributed by atoms with E-state index in [0.29, 0.717) is 19.0 Å². The second kappa shape index (κ2) is 8.07. The van der Waals surface area contributed by atoms with Gasteiger partial charge in [-0.3, -0.25) is 4.99 Å². The number of rotatable bonds is 7. The van der Waals surface area contributed by atoms with E-state index in [9.17, 15) is 8.42 Å². The summed E-state index contributed by atoms with van der Waals surface area (Å²) in [6.45, 7) is 8.85. The molecule has 1 aromatic rings. The fourth-order valence-corrected chi connectivity index (χ4v) is 4.01. The molecule has 1 aromatic heterocycles. The second-order valence-corrected chi connectivity index (χ2v) is 9.15. The number of hydrogen-bond donors (Lipinski definition) is 3. The Morgan fingerprint density at radius 3 is 2.43 bits per heavy atom. The van der Waals surface area contributed by atoms with Crippen LogP contribution >= 0.6 is 11.3 Å². The van der Waals surface area contributed by atoms with Gasteiger partial charge in [-0.1, -0.05) is 0 Å². The summed E-state index contributed by atoms with van der Waals surface area (Å²) in [4.78, 5) is 9.89. The average molecular weight is 362 g/mol. The van der Waals surface area contributed by atoms with Crippen LogP contribution in [0.25, 0.3) is 0 Å². The summed E-state index contributed by atoms with van der Waals surface area (Å²) in [5.74, 6) is 0.637. The quantitative estimate of drug-likeness (QED) is 0.493. The van der Waals surface area contributed by atoms with E-state index in [1.54, 1.807) is 18.4 Å². The van der Waals surface area contributed by atoms with Gasteiger partial charge in [-0.05, 0) is 27.7 Å². The smallest absolute Gasteiger partial charge is 0.209 e. The standard InChI is InChI=1S/C14H27N5O2S2/c1-10-11(2)22-12(18-10)7-8-16-13(15-5)17-9-14(3,4)19-23(6,20)21/h19H,7-9H2,1-6H3,(H2,15,16,17). The molecule has 1 heterocycles. The summed E-state index contributed by atoms with van der Waals surface area (Å²) in [7, 11) is -1.56. The van der Waals surface area contributed by atoms with E-state index in [-0.39, 0.29) is 0 Å². The van der Waals surface area contributed by atoms with Crippen molar-refractivity contribution in [2.45, 2.75) is 39.7 Å². The number of aryl methyl sites for hydroxylation is 2. The molecule has 0 spiro atoms. The highest BCUT2D eigenvalue weighted by Crippen LogP contribution is 2.16. The molecular weight excluding hydrogens is 334 g/mol. The minimum atomic E-state index is -3.25.